The Bertz CT molecular complexity index is 1360. The topological polar surface area (TPSA) is 107 Å². The molecule has 0 amide bonds. The Labute approximate surface area is 237 Å². The van der Waals surface area contributed by atoms with Crippen molar-refractivity contribution < 1.29 is 32.6 Å². The van der Waals surface area contributed by atoms with Gasteiger partial charge in [-0.3, -0.25) is 4.79 Å². The van der Waals surface area contributed by atoms with Gasteiger partial charge in [0.25, 0.3) is 0 Å². The van der Waals surface area contributed by atoms with E-state index in [9.17, 15) is 23.1 Å². The zero-order valence-electron chi connectivity index (χ0n) is 24.1. The van der Waals surface area contributed by atoms with Crippen LogP contribution in [0.3, 0.4) is 0 Å². The van der Waals surface area contributed by atoms with Gasteiger partial charge in [0.1, 0.15) is 5.60 Å². The van der Waals surface area contributed by atoms with Crippen LogP contribution in [0.15, 0.2) is 88.2 Å². The summed E-state index contributed by atoms with van der Waals surface area (Å²) in [4.78, 5) is 26.3. The monoisotopic (exact) mass is 568 g/mol. The van der Waals surface area contributed by atoms with Crippen molar-refractivity contribution in [3.8, 4) is 0 Å². The standard InChI is InChI=1S/C32H40O7S/c1-22(2)26-20-29(33)32(5,35)28(27(26)19-23(3)40(36,37)25-15-11-8-12-16-25)17-18-31(4,30(34)38-6)39-21-24-13-9-7-10-14-24/h7-17,19,22,26-27,35H,18,20-21H2,1-6H3/b23-19+,28-17-/t26-,27-,31+,32-/m1/s1. The minimum absolute atomic E-state index is 0.00487. The van der Waals surface area contributed by atoms with Crippen molar-refractivity contribution in [3.63, 3.8) is 0 Å². The third-order valence-electron chi connectivity index (χ3n) is 7.82. The van der Waals surface area contributed by atoms with Gasteiger partial charge in [-0.15, -0.1) is 0 Å². The molecule has 2 aromatic rings. The molecule has 216 valence electrons. The van der Waals surface area contributed by atoms with Crippen molar-refractivity contribution >= 4 is 21.6 Å². The van der Waals surface area contributed by atoms with Crippen LogP contribution >= 0.6 is 0 Å². The number of methoxy groups -OCH3 is 1. The van der Waals surface area contributed by atoms with E-state index in [-0.39, 0.29) is 46.9 Å². The Hall–Kier alpha value is -3.07. The maximum Gasteiger partial charge on any atom is 0.338 e. The van der Waals surface area contributed by atoms with Gasteiger partial charge in [-0.2, -0.15) is 0 Å². The smallest absolute Gasteiger partial charge is 0.338 e. The largest absolute Gasteiger partial charge is 0.467 e. The molecular formula is C32H40O7S. The predicted octanol–water partition coefficient (Wildman–Crippen LogP) is 5.44. The van der Waals surface area contributed by atoms with Crippen LogP contribution in [0.2, 0.25) is 0 Å². The molecule has 4 atom stereocenters. The molecule has 1 N–H and O–H groups in total. The second-order valence-corrected chi connectivity index (χ2v) is 13.2. The van der Waals surface area contributed by atoms with Crippen LogP contribution in [-0.2, 0) is 35.5 Å². The molecule has 0 saturated heterocycles. The number of rotatable bonds is 10. The fourth-order valence-electron chi connectivity index (χ4n) is 5.12. The van der Waals surface area contributed by atoms with Crippen LogP contribution < -0.4 is 0 Å². The molecule has 0 unspecified atom stereocenters. The van der Waals surface area contributed by atoms with E-state index in [0.717, 1.165) is 5.56 Å². The number of hydrogen-bond acceptors (Lipinski definition) is 7. The SMILES string of the molecule is COC(=O)[C@](C)(C/C=C1/[C@H](/C=C(\C)S(=O)(=O)c2ccccc2)[C@@H](C(C)C)CC(=O)[C@]1(C)O)OCc1ccccc1. The van der Waals surface area contributed by atoms with Crippen LogP contribution in [0.1, 0.15) is 53.0 Å². The highest BCUT2D eigenvalue weighted by Gasteiger charge is 2.48. The second-order valence-electron chi connectivity index (χ2n) is 11.1. The molecule has 0 radical (unpaired) electrons. The molecule has 40 heavy (non-hydrogen) atoms. The van der Waals surface area contributed by atoms with Crippen LogP contribution in [0, 0.1) is 17.8 Å². The summed E-state index contributed by atoms with van der Waals surface area (Å²) >= 11 is 0. The van der Waals surface area contributed by atoms with E-state index in [0.29, 0.717) is 5.57 Å². The lowest BCUT2D eigenvalue weighted by molar-refractivity contribution is -0.168. The van der Waals surface area contributed by atoms with Gasteiger partial charge >= 0.3 is 5.97 Å². The molecule has 1 saturated carbocycles. The highest BCUT2D eigenvalue weighted by Crippen LogP contribution is 2.44. The number of ketones is 1. The average Bonchev–Trinajstić information content (AvgIpc) is 2.93. The maximum absolute atomic E-state index is 13.4. The number of hydrogen-bond donors (Lipinski definition) is 1. The fraction of sp³-hybridized carbons (Fsp3) is 0.438. The summed E-state index contributed by atoms with van der Waals surface area (Å²) in [6.45, 7) is 8.66. The summed E-state index contributed by atoms with van der Waals surface area (Å²) in [7, 11) is -2.52. The normalized spacial score (nSPS) is 24.6. The number of benzene rings is 2. The minimum atomic E-state index is -3.79. The summed E-state index contributed by atoms with van der Waals surface area (Å²) in [6, 6.07) is 17.5. The number of carbonyl (C=O) groups excluding carboxylic acids is 2. The molecule has 3 rings (SSSR count). The highest BCUT2D eigenvalue weighted by atomic mass is 32.2. The van der Waals surface area contributed by atoms with Crippen molar-refractivity contribution in [2.75, 3.05) is 7.11 Å². The van der Waals surface area contributed by atoms with E-state index in [2.05, 4.69) is 0 Å². The van der Waals surface area contributed by atoms with Gasteiger partial charge in [0.2, 0.25) is 9.84 Å². The van der Waals surface area contributed by atoms with Gasteiger partial charge in [0.15, 0.2) is 11.4 Å². The fourth-order valence-corrected chi connectivity index (χ4v) is 6.33. The molecule has 0 bridgehead atoms. The molecule has 1 aliphatic carbocycles. The Morgan fingerprint density at radius 3 is 2.25 bits per heavy atom. The Balaban J connectivity index is 2.08. The molecule has 0 aromatic heterocycles. The number of sulfone groups is 1. The van der Waals surface area contributed by atoms with Crippen molar-refractivity contribution in [3.05, 3.63) is 88.9 Å². The molecule has 7 nitrogen and oxygen atoms in total. The summed E-state index contributed by atoms with van der Waals surface area (Å²) in [5.41, 5.74) is -2.04. The first kappa shape index (κ1) is 31.5. The van der Waals surface area contributed by atoms with Crippen LogP contribution in [0.25, 0.3) is 0 Å². The minimum Gasteiger partial charge on any atom is -0.467 e. The Morgan fingerprint density at radius 2 is 1.70 bits per heavy atom. The van der Waals surface area contributed by atoms with E-state index in [4.69, 9.17) is 9.47 Å². The number of aliphatic hydroxyl groups is 1. The molecule has 2 aromatic carbocycles. The van der Waals surface area contributed by atoms with Crippen LogP contribution in [-0.4, -0.2) is 43.6 Å². The molecular weight excluding hydrogens is 528 g/mol. The van der Waals surface area contributed by atoms with E-state index in [1.807, 2.05) is 44.2 Å². The van der Waals surface area contributed by atoms with Gasteiger partial charge in [-0.25, -0.2) is 13.2 Å². The predicted molar refractivity (Wildman–Crippen MR) is 154 cm³/mol. The molecule has 0 aliphatic heterocycles. The van der Waals surface area contributed by atoms with Crippen LogP contribution in [0.4, 0.5) is 0 Å². The van der Waals surface area contributed by atoms with E-state index >= 15 is 0 Å². The van der Waals surface area contributed by atoms with E-state index in [1.165, 1.54) is 33.1 Å². The first-order valence-electron chi connectivity index (χ1n) is 13.4. The molecule has 0 heterocycles. The third kappa shape index (κ3) is 6.79. The van der Waals surface area contributed by atoms with E-state index in [1.54, 1.807) is 37.3 Å². The summed E-state index contributed by atoms with van der Waals surface area (Å²) < 4.78 is 37.9. The van der Waals surface area contributed by atoms with Gasteiger partial charge in [-0.1, -0.05) is 74.5 Å². The van der Waals surface area contributed by atoms with Gasteiger partial charge in [0.05, 0.1) is 18.6 Å². The van der Waals surface area contributed by atoms with Crippen molar-refractivity contribution in [2.24, 2.45) is 17.8 Å². The summed E-state index contributed by atoms with van der Waals surface area (Å²) in [6.07, 6.45) is 3.39. The second kappa shape index (κ2) is 12.6. The molecule has 1 fully saturated rings. The number of carbonyl (C=O) groups is 2. The van der Waals surface area contributed by atoms with Crippen molar-refractivity contribution in [2.45, 2.75) is 70.2 Å². The lowest BCUT2D eigenvalue weighted by Gasteiger charge is -2.42. The maximum atomic E-state index is 13.4. The van der Waals surface area contributed by atoms with Crippen molar-refractivity contribution in [1.29, 1.82) is 0 Å². The number of esters is 1. The van der Waals surface area contributed by atoms with Gasteiger partial charge in [0, 0.05) is 23.7 Å². The zero-order valence-corrected chi connectivity index (χ0v) is 24.9. The number of allylic oxidation sites excluding steroid dienone is 2. The van der Waals surface area contributed by atoms with Gasteiger partial charge < -0.3 is 14.6 Å². The average molecular weight is 569 g/mol. The zero-order chi connectivity index (χ0) is 29.7. The highest BCUT2D eigenvalue weighted by molar-refractivity contribution is 7.95. The Morgan fingerprint density at radius 1 is 1.12 bits per heavy atom. The van der Waals surface area contributed by atoms with E-state index < -0.39 is 32.9 Å². The summed E-state index contributed by atoms with van der Waals surface area (Å²) in [5, 5.41) is 11.5. The first-order chi connectivity index (χ1) is 18.7. The number of Topliss-reactive ketones (excluding diaryl/α,β-unsaturated/α-hetero) is 1. The molecule has 1 aliphatic rings. The lowest BCUT2D eigenvalue weighted by Crippen LogP contribution is -2.49. The van der Waals surface area contributed by atoms with Gasteiger partial charge in [-0.05, 0) is 55.9 Å². The first-order valence-corrected chi connectivity index (χ1v) is 14.9. The van der Waals surface area contributed by atoms with Crippen molar-refractivity contribution in [1.82, 2.24) is 0 Å². The third-order valence-corrected chi connectivity index (χ3v) is 9.70. The summed E-state index contributed by atoms with van der Waals surface area (Å²) in [5.74, 6) is -1.76. The molecule has 8 heteroatoms. The quantitative estimate of drug-likeness (QED) is 0.300. The van der Waals surface area contributed by atoms with Crippen LogP contribution in [0.5, 0.6) is 0 Å². The number of ether oxygens (including phenoxy) is 2. The molecule has 0 spiro atoms. The lowest BCUT2D eigenvalue weighted by atomic mass is 9.64. The Kier molecular flexibility index (Phi) is 9.93.